The van der Waals surface area contributed by atoms with Gasteiger partial charge >= 0.3 is 0 Å². The molecule has 0 saturated heterocycles. The molecule has 2 aromatic carbocycles. The minimum Gasteiger partial charge on any atom is -0.492 e. The fourth-order valence-corrected chi connectivity index (χ4v) is 1.97. The van der Waals surface area contributed by atoms with Crippen LogP contribution in [0.3, 0.4) is 0 Å². The number of nitrogens with one attached hydrogen (secondary N) is 2. The van der Waals surface area contributed by atoms with Crippen LogP contribution in [-0.2, 0) is 9.59 Å². The quantitative estimate of drug-likeness (QED) is 0.796. The molecule has 126 valence electrons. The van der Waals surface area contributed by atoms with E-state index >= 15 is 0 Å². The molecule has 2 rings (SSSR count). The Hall–Kier alpha value is -2.96. The zero-order valence-electron chi connectivity index (χ0n) is 12.9. The number of carbonyl (C=O) groups excluding carboxylic acids is 2. The summed E-state index contributed by atoms with van der Waals surface area (Å²) in [5, 5.41) is 4.90. The number of amides is 2. The van der Waals surface area contributed by atoms with E-state index in [4.69, 9.17) is 4.74 Å². The molecule has 0 bridgehead atoms. The Kier molecular flexibility index (Phi) is 5.83. The van der Waals surface area contributed by atoms with Crippen LogP contribution in [0.15, 0.2) is 42.5 Å². The highest BCUT2D eigenvalue weighted by molar-refractivity contribution is 6.08. The average Bonchev–Trinajstić information content (AvgIpc) is 2.53. The van der Waals surface area contributed by atoms with E-state index in [0.29, 0.717) is 18.0 Å². The van der Waals surface area contributed by atoms with Gasteiger partial charge in [-0.2, -0.15) is 0 Å². The Morgan fingerprint density at radius 2 is 1.71 bits per heavy atom. The van der Waals surface area contributed by atoms with Crippen molar-refractivity contribution < 1.29 is 23.1 Å². The molecule has 2 N–H and O–H groups in total. The second kappa shape index (κ2) is 8.05. The number of ether oxygens (including phenoxy) is 1. The first-order valence-electron chi connectivity index (χ1n) is 7.26. The summed E-state index contributed by atoms with van der Waals surface area (Å²) in [6.07, 6.45) is -0.473. The third-order valence-corrected chi connectivity index (χ3v) is 2.99. The van der Waals surface area contributed by atoms with Crippen LogP contribution >= 0.6 is 0 Å². The maximum absolute atomic E-state index is 13.1. The molecule has 0 atom stereocenters. The van der Waals surface area contributed by atoms with Gasteiger partial charge in [0, 0.05) is 11.8 Å². The number of hydrogen-bond acceptors (Lipinski definition) is 3. The van der Waals surface area contributed by atoms with Gasteiger partial charge in [0.25, 0.3) is 0 Å². The van der Waals surface area contributed by atoms with Gasteiger partial charge in [-0.3, -0.25) is 9.59 Å². The molecule has 0 aliphatic rings. The predicted octanol–water partition coefficient (Wildman–Crippen LogP) is 3.33. The van der Waals surface area contributed by atoms with Crippen LogP contribution in [0.5, 0.6) is 5.75 Å². The van der Waals surface area contributed by atoms with E-state index in [1.165, 1.54) is 6.07 Å². The van der Waals surface area contributed by atoms with Crippen molar-refractivity contribution in [1.29, 1.82) is 0 Å². The predicted molar refractivity (Wildman–Crippen MR) is 85.8 cm³/mol. The lowest BCUT2D eigenvalue weighted by atomic mass is 10.2. The van der Waals surface area contributed by atoms with Crippen LogP contribution in [0.25, 0.3) is 0 Å². The monoisotopic (exact) mass is 334 g/mol. The lowest BCUT2D eigenvalue weighted by Crippen LogP contribution is -2.21. The number of para-hydroxylation sites is 2. The molecular formula is C17H16F2N2O3. The smallest absolute Gasteiger partial charge is 0.233 e. The second-order valence-electron chi connectivity index (χ2n) is 4.83. The summed E-state index contributed by atoms with van der Waals surface area (Å²) < 4.78 is 31.3. The third kappa shape index (κ3) is 4.77. The Labute approximate surface area is 137 Å². The molecule has 7 heteroatoms. The van der Waals surface area contributed by atoms with Gasteiger partial charge in [-0.15, -0.1) is 0 Å². The topological polar surface area (TPSA) is 67.4 Å². The molecule has 5 nitrogen and oxygen atoms in total. The molecule has 0 aliphatic heterocycles. The van der Waals surface area contributed by atoms with Gasteiger partial charge < -0.3 is 15.4 Å². The van der Waals surface area contributed by atoms with Crippen LogP contribution < -0.4 is 15.4 Å². The Bertz CT molecular complexity index is 750. The number of halogens is 2. The number of rotatable bonds is 6. The summed E-state index contributed by atoms with van der Waals surface area (Å²) in [5.74, 6) is -2.80. The van der Waals surface area contributed by atoms with Crippen molar-refractivity contribution in [3.8, 4) is 5.75 Å². The highest BCUT2D eigenvalue weighted by Gasteiger charge is 2.13. The molecule has 0 aliphatic carbocycles. The Balaban J connectivity index is 1.94. The third-order valence-electron chi connectivity index (χ3n) is 2.99. The summed E-state index contributed by atoms with van der Waals surface area (Å²) in [6.45, 7) is 2.25. The zero-order valence-corrected chi connectivity index (χ0v) is 12.9. The number of hydrogen-bond donors (Lipinski definition) is 2. The molecule has 0 unspecified atom stereocenters. The molecule has 0 fully saturated rings. The molecular weight excluding hydrogens is 318 g/mol. The molecule has 0 aromatic heterocycles. The first-order valence-corrected chi connectivity index (χ1v) is 7.26. The van der Waals surface area contributed by atoms with Crippen LogP contribution in [0, 0.1) is 11.6 Å². The van der Waals surface area contributed by atoms with Gasteiger partial charge in [-0.1, -0.05) is 12.1 Å². The first kappa shape index (κ1) is 17.4. The van der Waals surface area contributed by atoms with Crippen molar-refractivity contribution in [3.63, 3.8) is 0 Å². The zero-order chi connectivity index (χ0) is 17.5. The van der Waals surface area contributed by atoms with E-state index in [1.807, 2.05) is 6.92 Å². The van der Waals surface area contributed by atoms with Crippen molar-refractivity contribution in [2.45, 2.75) is 13.3 Å². The Morgan fingerprint density at radius 1 is 1.00 bits per heavy atom. The van der Waals surface area contributed by atoms with Gasteiger partial charge in [0.2, 0.25) is 11.8 Å². The van der Waals surface area contributed by atoms with E-state index in [1.54, 1.807) is 24.3 Å². The van der Waals surface area contributed by atoms with Crippen molar-refractivity contribution in [1.82, 2.24) is 0 Å². The standard InChI is InChI=1S/C17H16F2N2O3/c1-2-24-15-6-4-3-5-14(15)21-17(23)10-16(22)20-11-7-8-12(18)13(19)9-11/h3-9H,2,10H2,1H3,(H,20,22)(H,21,23). The number of carbonyl (C=O) groups is 2. The van der Waals surface area contributed by atoms with Gasteiger partial charge in [-0.25, -0.2) is 8.78 Å². The van der Waals surface area contributed by atoms with Crippen molar-refractivity contribution in [2.75, 3.05) is 17.2 Å². The highest BCUT2D eigenvalue weighted by atomic mass is 19.2. The van der Waals surface area contributed by atoms with Crippen molar-refractivity contribution in [2.24, 2.45) is 0 Å². The molecule has 0 radical (unpaired) electrons. The number of anilines is 2. The van der Waals surface area contributed by atoms with E-state index in [-0.39, 0.29) is 5.69 Å². The summed E-state index contributed by atoms with van der Waals surface area (Å²) in [7, 11) is 0. The van der Waals surface area contributed by atoms with E-state index in [9.17, 15) is 18.4 Å². The average molecular weight is 334 g/mol. The lowest BCUT2D eigenvalue weighted by molar-refractivity contribution is -0.123. The Morgan fingerprint density at radius 3 is 2.42 bits per heavy atom. The first-order chi connectivity index (χ1) is 11.5. The molecule has 0 heterocycles. The van der Waals surface area contributed by atoms with E-state index in [0.717, 1.165) is 12.1 Å². The largest absolute Gasteiger partial charge is 0.492 e. The molecule has 2 amide bonds. The van der Waals surface area contributed by atoms with Crippen LogP contribution in [0.4, 0.5) is 20.2 Å². The minimum atomic E-state index is -1.08. The lowest BCUT2D eigenvalue weighted by Gasteiger charge is -2.11. The number of benzene rings is 2. The molecule has 0 saturated carbocycles. The molecule has 2 aromatic rings. The van der Waals surface area contributed by atoms with Crippen LogP contribution in [-0.4, -0.2) is 18.4 Å². The molecule has 24 heavy (non-hydrogen) atoms. The van der Waals surface area contributed by atoms with Crippen molar-refractivity contribution >= 4 is 23.2 Å². The maximum Gasteiger partial charge on any atom is 0.233 e. The van der Waals surface area contributed by atoms with Crippen molar-refractivity contribution in [3.05, 3.63) is 54.1 Å². The summed E-state index contributed by atoms with van der Waals surface area (Å²) in [5.41, 5.74) is 0.520. The minimum absolute atomic E-state index is 0.0708. The van der Waals surface area contributed by atoms with Gasteiger partial charge in [0.05, 0.1) is 12.3 Å². The van der Waals surface area contributed by atoms with Gasteiger partial charge in [0.1, 0.15) is 12.2 Å². The van der Waals surface area contributed by atoms with Gasteiger partial charge in [-0.05, 0) is 31.2 Å². The SMILES string of the molecule is CCOc1ccccc1NC(=O)CC(=O)Nc1ccc(F)c(F)c1. The summed E-state index contributed by atoms with van der Waals surface area (Å²) >= 11 is 0. The maximum atomic E-state index is 13.1. The fourth-order valence-electron chi connectivity index (χ4n) is 1.97. The van der Waals surface area contributed by atoms with Gasteiger partial charge in [0.15, 0.2) is 11.6 Å². The normalized spacial score (nSPS) is 10.1. The summed E-state index contributed by atoms with van der Waals surface area (Å²) in [6, 6.07) is 9.77. The summed E-state index contributed by atoms with van der Waals surface area (Å²) in [4.78, 5) is 23.7. The molecule has 0 spiro atoms. The highest BCUT2D eigenvalue weighted by Crippen LogP contribution is 2.23. The fraction of sp³-hybridized carbons (Fsp3) is 0.176. The van der Waals surface area contributed by atoms with E-state index in [2.05, 4.69) is 10.6 Å². The van der Waals surface area contributed by atoms with Crippen LogP contribution in [0.2, 0.25) is 0 Å². The van der Waals surface area contributed by atoms with E-state index < -0.39 is 29.9 Å². The van der Waals surface area contributed by atoms with Crippen LogP contribution in [0.1, 0.15) is 13.3 Å². The second-order valence-corrected chi connectivity index (χ2v) is 4.83.